The number of allylic oxidation sites excluding steroid dienone is 1. The van der Waals surface area contributed by atoms with Crippen molar-refractivity contribution >= 4 is 63.7 Å². The monoisotopic (exact) mass is 476 g/mol. The molecule has 3 heterocycles. The fraction of sp³-hybridized carbons (Fsp3) is 0.333. The molecule has 0 spiro atoms. The first kappa shape index (κ1) is 21.7. The Kier molecular flexibility index (Phi) is 5.27. The SMILES string of the molecule is CC(C)(C)/C=C/c1ccc(/C=C/c2cc3c(s2)-c2sc(C(C)(C)C)cc2C3)c2nsnc12. The van der Waals surface area contributed by atoms with Gasteiger partial charge >= 0.3 is 0 Å². The Morgan fingerprint density at radius 2 is 1.41 bits per heavy atom. The summed E-state index contributed by atoms with van der Waals surface area (Å²) in [5.74, 6) is 0. The number of aromatic nitrogens is 2. The summed E-state index contributed by atoms with van der Waals surface area (Å²) in [6.07, 6.45) is 9.90. The molecule has 0 fully saturated rings. The molecule has 5 rings (SSSR count). The van der Waals surface area contributed by atoms with Crippen LogP contribution in [-0.2, 0) is 11.8 Å². The van der Waals surface area contributed by atoms with E-state index in [9.17, 15) is 0 Å². The minimum absolute atomic E-state index is 0.143. The largest absolute Gasteiger partial charge is 0.172 e. The maximum absolute atomic E-state index is 4.59. The molecule has 4 aromatic rings. The highest BCUT2D eigenvalue weighted by Crippen LogP contribution is 2.49. The molecule has 1 aliphatic carbocycles. The summed E-state index contributed by atoms with van der Waals surface area (Å²) < 4.78 is 9.16. The van der Waals surface area contributed by atoms with Crippen molar-refractivity contribution in [3.05, 3.63) is 62.3 Å². The lowest BCUT2D eigenvalue weighted by Crippen LogP contribution is -2.08. The molecular weight excluding hydrogens is 449 g/mol. The number of thiophene rings is 2. The van der Waals surface area contributed by atoms with Crippen molar-refractivity contribution in [3.63, 3.8) is 0 Å². The number of hydrogen-bond acceptors (Lipinski definition) is 5. The lowest BCUT2D eigenvalue weighted by atomic mass is 9.94. The van der Waals surface area contributed by atoms with Gasteiger partial charge in [0, 0.05) is 37.1 Å². The molecule has 0 unspecified atom stereocenters. The Bertz CT molecular complexity index is 1360. The molecule has 164 valence electrons. The fourth-order valence-corrected chi connectivity index (χ4v) is 6.98. The van der Waals surface area contributed by atoms with E-state index in [2.05, 4.69) is 98.9 Å². The molecule has 0 atom stereocenters. The highest BCUT2D eigenvalue weighted by molar-refractivity contribution is 7.23. The zero-order chi connectivity index (χ0) is 22.7. The topological polar surface area (TPSA) is 25.8 Å². The van der Waals surface area contributed by atoms with Crippen LogP contribution in [0.3, 0.4) is 0 Å². The third kappa shape index (κ3) is 4.14. The Labute approximate surface area is 202 Å². The average molecular weight is 477 g/mol. The van der Waals surface area contributed by atoms with Crippen LogP contribution in [0.15, 0.2) is 30.3 Å². The molecule has 32 heavy (non-hydrogen) atoms. The quantitative estimate of drug-likeness (QED) is 0.260. The van der Waals surface area contributed by atoms with Crippen LogP contribution in [0.4, 0.5) is 0 Å². The minimum atomic E-state index is 0.143. The van der Waals surface area contributed by atoms with Crippen LogP contribution in [0.1, 0.15) is 73.6 Å². The molecular formula is C27H28N2S3. The van der Waals surface area contributed by atoms with Crippen LogP contribution in [0.2, 0.25) is 0 Å². The number of fused-ring (bicyclic) bond motifs is 4. The zero-order valence-electron chi connectivity index (χ0n) is 19.4. The van der Waals surface area contributed by atoms with E-state index in [1.807, 2.05) is 22.7 Å². The smallest absolute Gasteiger partial charge is 0.112 e. The van der Waals surface area contributed by atoms with Crippen molar-refractivity contribution in [3.8, 4) is 9.75 Å². The van der Waals surface area contributed by atoms with Gasteiger partial charge in [-0.25, -0.2) is 0 Å². The molecule has 0 radical (unpaired) electrons. The highest BCUT2D eigenvalue weighted by Gasteiger charge is 2.27. The normalized spacial score (nSPS) is 14.2. The molecule has 0 aliphatic heterocycles. The lowest BCUT2D eigenvalue weighted by Gasteiger charge is -2.15. The number of nitrogens with zero attached hydrogens (tertiary/aromatic N) is 2. The third-order valence-electron chi connectivity index (χ3n) is 5.63. The summed E-state index contributed by atoms with van der Waals surface area (Å²) >= 11 is 5.17. The van der Waals surface area contributed by atoms with Gasteiger partial charge in [-0.3, -0.25) is 0 Å². The van der Waals surface area contributed by atoms with Crippen LogP contribution >= 0.6 is 34.4 Å². The summed E-state index contributed by atoms with van der Waals surface area (Å²) in [5, 5.41) is 0. The third-order valence-corrected chi connectivity index (χ3v) is 9.07. The van der Waals surface area contributed by atoms with Gasteiger partial charge in [-0.15, -0.1) is 22.7 Å². The van der Waals surface area contributed by atoms with Crippen LogP contribution in [0.25, 0.3) is 39.0 Å². The van der Waals surface area contributed by atoms with Gasteiger partial charge in [-0.1, -0.05) is 71.9 Å². The maximum Gasteiger partial charge on any atom is 0.112 e. The van der Waals surface area contributed by atoms with Crippen LogP contribution < -0.4 is 0 Å². The predicted octanol–water partition coefficient (Wildman–Crippen LogP) is 8.91. The second-order valence-electron chi connectivity index (χ2n) is 10.6. The van der Waals surface area contributed by atoms with Gasteiger partial charge in [0.05, 0.1) is 11.7 Å². The van der Waals surface area contributed by atoms with Gasteiger partial charge < -0.3 is 0 Å². The van der Waals surface area contributed by atoms with Crippen molar-refractivity contribution in [2.24, 2.45) is 5.41 Å². The van der Waals surface area contributed by atoms with Crippen LogP contribution in [0, 0.1) is 5.41 Å². The maximum atomic E-state index is 4.59. The van der Waals surface area contributed by atoms with E-state index in [0.29, 0.717) is 0 Å². The summed E-state index contributed by atoms with van der Waals surface area (Å²) in [5.41, 5.74) is 7.58. The molecule has 0 saturated carbocycles. The molecule has 0 saturated heterocycles. The van der Waals surface area contributed by atoms with E-state index < -0.39 is 0 Å². The van der Waals surface area contributed by atoms with Gasteiger partial charge in [0.25, 0.3) is 0 Å². The fourth-order valence-electron chi connectivity index (χ4n) is 3.87. The standard InChI is InChI=1S/C27H28N2S3/c1-26(2,3)12-11-17-8-7-16(22-23(17)29-32-28-22)9-10-20-14-18-13-19-15-21(27(4,5)6)31-25(19)24(18)30-20/h7-12,14-15H,13H2,1-6H3/b10-9+,12-11+. The van der Waals surface area contributed by atoms with Gasteiger partial charge in [0.2, 0.25) is 0 Å². The van der Waals surface area contributed by atoms with Crippen molar-refractivity contribution in [1.82, 2.24) is 8.75 Å². The first-order valence-corrected chi connectivity index (χ1v) is 13.3. The van der Waals surface area contributed by atoms with Crippen molar-refractivity contribution < 1.29 is 0 Å². The van der Waals surface area contributed by atoms with Crippen molar-refractivity contribution in [2.45, 2.75) is 53.4 Å². The zero-order valence-corrected chi connectivity index (χ0v) is 21.9. The average Bonchev–Trinajstić information content (AvgIpc) is 3.44. The summed E-state index contributed by atoms with van der Waals surface area (Å²) in [7, 11) is 0. The molecule has 1 aliphatic rings. The Balaban J connectivity index is 1.43. The molecule has 0 N–H and O–H groups in total. The van der Waals surface area contributed by atoms with E-state index >= 15 is 0 Å². The molecule has 0 amide bonds. The summed E-state index contributed by atoms with van der Waals surface area (Å²) in [4.78, 5) is 5.73. The molecule has 1 aromatic carbocycles. The van der Waals surface area contributed by atoms with Crippen LogP contribution in [-0.4, -0.2) is 8.75 Å². The Morgan fingerprint density at radius 3 is 2.06 bits per heavy atom. The number of rotatable bonds is 3. The van der Waals surface area contributed by atoms with E-state index in [1.165, 1.54) is 42.4 Å². The highest BCUT2D eigenvalue weighted by atomic mass is 32.1. The first-order chi connectivity index (χ1) is 15.1. The van der Waals surface area contributed by atoms with E-state index in [4.69, 9.17) is 0 Å². The minimum Gasteiger partial charge on any atom is -0.172 e. The van der Waals surface area contributed by atoms with Gasteiger partial charge in [-0.2, -0.15) is 8.75 Å². The number of hydrogen-bond donors (Lipinski definition) is 0. The Morgan fingerprint density at radius 1 is 0.781 bits per heavy atom. The molecule has 0 bridgehead atoms. The first-order valence-electron chi connectivity index (χ1n) is 11.0. The van der Waals surface area contributed by atoms with Crippen molar-refractivity contribution in [2.75, 3.05) is 0 Å². The van der Waals surface area contributed by atoms with E-state index in [-0.39, 0.29) is 10.8 Å². The second-order valence-corrected chi connectivity index (χ2v) is 13.3. The van der Waals surface area contributed by atoms with Gasteiger partial charge in [-0.05, 0) is 40.2 Å². The molecule has 2 nitrogen and oxygen atoms in total. The lowest BCUT2D eigenvalue weighted by molar-refractivity contribution is 0.547. The second kappa shape index (κ2) is 7.75. The van der Waals surface area contributed by atoms with Crippen molar-refractivity contribution in [1.29, 1.82) is 0 Å². The Hall–Kier alpha value is -2.08. The predicted molar refractivity (Wildman–Crippen MR) is 144 cm³/mol. The van der Waals surface area contributed by atoms with Gasteiger partial charge in [0.15, 0.2) is 0 Å². The van der Waals surface area contributed by atoms with Gasteiger partial charge in [0.1, 0.15) is 11.0 Å². The number of benzene rings is 1. The summed E-state index contributed by atoms with van der Waals surface area (Å²) in [6.45, 7) is 13.5. The van der Waals surface area contributed by atoms with E-state index in [0.717, 1.165) is 28.6 Å². The van der Waals surface area contributed by atoms with Crippen LogP contribution in [0.5, 0.6) is 0 Å². The summed E-state index contributed by atoms with van der Waals surface area (Å²) in [6, 6.07) is 9.10. The molecule has 3 aromatic heterocycles. The molecule has 5 heteroatoms. The van der Waals surface area contributed by atoms with E-state index in [1.54, 1.807) is 0 Å².